The van der Waals surface area contributed by atoms with Crippen LogP contribution in [0.2, 0.25) is 5.02 Å². The minimum absolute atomic E-state index is 0.0141. The minimum atomic E-state index is -2.88. The Balaban J connectivity index is 1.01. The standard InChI is InChI=1S/C48H70ClN3O5S/c1-32(2)34-14-21-48(51-25-26-52-27-29-58(55,56)30-28-52)23-22-45(6)36(40(34)48)10-11-39-44(5)17-15-35(43(3,4)38(44)16-18-46(39,45)7)33-12-19-47(20-13-33,42(53)54)31-57-41-37(49)9-8-24-50-41/h8-9,12,15,24,34,36,38-40,51H,1,10-11,13-14,16-23,25-31H2,2-7H3,(H,53,54)/t34?,36-,38+,39-,40-,44+,45-,46-,47+,48+/m1/s1. The van der Waals surface area contributed by atoms with E-state index in [4.69, 9.17) is 16.3 Å². The Labute approximate surface area is 354 Å². The molecule has 0 radical (unpaired) electrons. The first-order chi connectivity index (χ1) is 27.3. The van der Waals surface area contributed by atoms with Crippen molar-refractivity contribution < 1.29 is 23.1 Å². The second kappa shape index (κ2) is 15.0. The number of nitrogens with zero attached hydrogens (tertiary/aromatic N) is 2. The van der Waals surface area contributed by atoms with Gasteiger partial charge in [0.15, 0.2) is 9.84 Å². The highest BCUT2D eigenvalue weighted by Crippen LogP contribution is 2.76. The summed E-state index contributed by atoms with van der Waals surface area (Å²) in [4.78, 5) is 19.3. The summed E-state index contributed by atoms with van der Waals surface area (Å²) in [6.45, 7) is 23.1. The molecule has 10 atom stereocenters. The van der Waals surface area contributed by atoms with Gasteiger partial charge in [-0.05, 0) is 159 Å². The summed E-state index contributed by atoms with van der Waals surface area (Å²) in [6, 6.07) is 3.46. The lowest BCUT2D eigenvalue weighted by molar-refractivity contribution is -0.221. The fourth-order valence-electron chi connectivity index (χ4n) is 15.3. The van der Waals surface area contributed by atoms with E-state index in [1.807, 2.05) is 0 Å². The van der Waals surface area contributed by atoms with Gasteiger partial charge in [-0.1, -0.05) is 70.5 Å². The van der Waals surface area contributed by atoms with Crippen LogP contribution in [0.4, 0.5) is 0 Å². The lowest BCUT2D eigenvalue weighted by atomic mass is 9.33. The number of carbonyl (C=O) groups is 1. The van der Waals surface area contributed by atoms with Crippen LogP contribution < -0.4 is 10.1 Å². The number of carboxylic acids is 1. The van der Waals surface area contributed by atoms with Crippen molar-refractivity contribution in [1.82, 2.24) is 15.2 Å². The number of aromatic nitrogens is 1. The monoisotopic (exact) mass is 835 g/mol. The summed E-state index contributed by atoms with van der Waals surface area (Å²) >= 11 is 6.30. The van der Waals surface area contributed by atoms with E-state index in [0.717, 1.165) is 25.9 Å². The van der Waals surface area contributed by atoms with Crippen molar-refractivity contribution in [2.45, 2.75) is 124 Å². The van der Waals surface area contributed by atoms with Gasteiger partial charge in [0.25, 0.3) is 0 Å². The lowest BCUT2D eigenvalue weighted by Crippen LogP contribution is -2.68. The summed E-state index contributed by atoms with van der Waals surface area (Å²) in [6.07, 6.45) is 19.2. The predicted molar refractivity (Wildman–Crippen MR) is 233 cm³/mol. The zero-order chi connectivity index (χ0) is 41.5. The number of carboxylic acid groups (broad SMARTS) is 1. The first-order valence-electron chi connectivity index (χ1n) is 22.5. The molecule has 8 nitrogen and oxygen atoms in total. The van der Waals surface area contributed by atoms with Gasteiger partial charge in [-0.25, -0.2) is 13.4 Å². The largest absolute Gasteiger partial charge is 0.481 e. The zero-order valence-electron chi connectivity index (χ0n) is 36.2. The number of ether oxygens (including phenoxy) is 1. The average molecular weight is 837 g/mol. The molecule has 5 fully saturated rings. The number of halogens is 1. The highest BCUT2D eigenvalue weighted by molar-refractivity contribution is 7.91. The Hall–Kier alpha value is -2.20. The van der Waals surface area contributed by atoms with E-state index in [2.05, 4.69) is 75.5 Å². The van der Waals surface area contributed by atoms with Gasteiger partial charge >= 0.3 is 5.97 Å². The summed E-state index contributed by atoms with van der Waals surface area (Å²) in [7, 11) is -2.88. The number of hydrogen-bond donors (Lipinski definition) is 2. The molecule has 8 rings (SSSR count). The Morgan fingerprint density at radius 3 is 2.41 bits per heavy atom. The van der Waals surface area contributed by atoms with E-state index < -0.39 is 21.2 Å². The van der Waals surface area contributed by atoms with Crippen LogP contribution in [0.15, 0.2) is 53.8 Å². The molecule has 1 aromatic rings. The van der Waals surface area contributed by atoms with E-state index in [-0.39, 0.29) is 51.2 Å². The molecule has 1 aliphatic heterocycles. The number of hydrogen-bond acceptors (Lipinski definition) is 7. The van der Waals surface area contributed by atoms with Crippen LogP contribution in [0, 0.1) is 56.7 Å². The maximum absolute atomic E-state index is 12.8. The molecule has 320 valence electrons. The van der Waals surface area contributed by atoms with Crippen molar-refractivity contribution in [2.24, 2.45) is 56.7 Å². The van der Waals surface area contributed by atoms with Crippen molar-refractivity contribution in [3.8, 4) is 5.88 Å². The van der Waals surface area contributed by atoms with Gasteiger partial charge in [0, 0.05) is 37.9 Å². The Kier molecular flexibility index (Phi) is 11.0. The number of pyridine rings is 1. The summed E-state index contributed by atoms with van der Waals surface area (Å²) in [5, 5.41) is 15.1. The lowest BCUT2D eigenvalue weighted by Gasteiger charge is -2.72. The van der Waals surface area contributed by atoms with Gasteiger partial charge in [-0.3, -0.25) is 4.79 Å². The number of aliphatic carboxylic acids is 1. The molecule has 0 aromatic carbocycles. The molecule has 0 spiro atoms. The van der Waals surface area contributed by atoms with E-state index in [1.165, 1.54) is 68.1 Å². The molecule has 6 aliphatic carbocycles. The number of rotatable bonds is 10. The van der Waals surface area contributed by atoms with Gasteiger partial charge < -0.3 is 20.1 Å². The first-order valence-corrected chi connectivity index (χ1v) is 24.7. The molecule has 4 saturated carbocycles. The fourth-order valence-corrected chi connectivity index (χ4v) is 16.7. The van der Waals surface area contributed by atoms with Crippen molar-refractivity contribution in [1.29, 1.82) is 0 Å². The van der Waals surface area contributed by atoms with E-state index in [9.17, 15) is 18.3 Å². The second-order valence-corrected chi connectivity index (χ2v) is 24.1. The van der Waals surface area contributed by atoms with E-state index >= 15 is 0 Å². The van der Waals surface area contributed by atoms with Gasteiger partial charge in [-0.15, -0.1) is 0 Å². The third kappa shape index (κ3) is 6.77. The van der Waals surface area contributed by atoms with E-state index in [0.29, 0.717) is 60.5 Å². The Morgan fingerprint density at radius 1 is 0.983 bits per heavy atom. The van der Waals surface area contributed by atoms with E-state index in [1.54, 1.807) is 18.3 Å². The number of nitrogens with one attached hydrogen (secondary N) is 1. The highest BCUT2D eigenvalue weighted by Gasteiger charge is 2.70. The molecular weight excluding hydrogens is 766 g/mol. The van der Waals surface area contributed by atoms with Crippen LogP contribution in [0.25, 0.3) is 0 Å². The summed E-state index contributed by atoms with van der Waals surface area (Å²) in [5.41, 5.74) is 3.94. The third-order valence-corrected chi connectivity index (χ3v) is 20.5. The second-order valence-electron chi connectivity index (χ2n) is 21.4. The molecule has 0 bridgehead atoms. The molecule has 0 amide bonds. The molecule has 58 heavy (non-hydrogen) atoms. The molecule has 1 aromatic heterocycles. The van der Waals surface area contributed by atoms with Crippen molar-refractivity contribution in [3.63, 3.8) is 0 Å². The van der Waals surface area contributed by atoms with Gasteiger partial charge in [0.2, 0.25) is 5.88 Å². The van der Waals surface area contributed by atoms with Crippen LogP contribution in [0.1, 0.15) is 119 Å². The normalized spacial score (nSPS) is 41.8. The van der Waals surface area contributed by atoms with Crippen molar-refractivity contribution >= 4 is 27.4 Å². The molecular formula is C48H70ClN3O5S. The molecule has 2 N–H and O–H groups in total. The van der Waals surface area contributed by atoms with Gasteiger partial charge in [-0.2, -0.15) is 0 Å². The van der Waals surface area contributed by atoms with Crippen LogP contribution in [-0.4, -0.2) is 79.2 Å². The van der Waals surface area contributed by atoms with Gasteiger partial charge in [0.05, 0.1) is 11.5 Å². The van der Waals surface area contributed by atoms with Crippen LogP contribution in [0.3, 0.4) is 0 Å². The molecule has 1 saturated heterocycles. The SMILES string of the molecule is C=C(C)C1CC[C@]2(NCCN3CCS(=O)(=O)CC3)CC[C@]3(C)[C@H](CC[C@@H]4[C@@]5(C)CC=C(C6=CC[C@](COc7ncccc7Cl)(C(=O)O)CC6)C(C)(C)[C@@H]5CC[C@]43C)[C@@H]12. The number of sulfone groups is 1. The fraction of sp³-hybridized carbons (Fsp3) is 0.750. The molecule has 2 heterocycles. The summed E-state index contributed by atoms with van der Waals surface area (Å²) in [5.74, 6) is 3.04. The molecule has 1 unspecified atom stereocenters. The van der Waals surface area contributed by atoms with Crippen molar-refractivity contribution in [2.75, 3.05) is 44.3 Å². The Morgan fingerprint density at radius 2 is 1.74 bits per heavy atom. The molecule has 10 heteroatoms. The van der Waals surface area contributed by atoms with Crippen LogP contribution in [0.5, 0.6) is 5.88 Å². The van der Waals surface area contributed by atoms with Crippen LogP contribution in [-0.2, 0) is 14.6 Å². The summed E-state index contributed by atoms with van der Waals surface area (Å²) < 4.78 is 30.1. The first kappa shape index (κ1) is 42.5. The molecule has 7 aliphatic rings. The van der Waals surface area contributed by atoms with Gasteiger partial charge in [0.1, 0.15) is 17.0 Å². The highest BCUT2D eigenvalue weighted by atomic mass is 35.5. The van der Waals surface area contributed by atoms with Crippen molar-refractivity contribution in [3.05, 3.63) is 58.8 Å². The zero-order valence-corrected chi connectivity index (χ0v) is 37.7. The average Bonchev–Trinajstić information content (AvgIpc) is 3.56. The third-order valence-electron chi connectivity index (χ3n) is 18.6. The Bertz CT molecular complexity index is 1970. The smallest absolute Gasteiger partial charge is 0.313 e. The number of fused-ring (bicyclic) bond motifs is 7. The quantitative estimate of drug-likeness (QED) is 0.225. The maximum atomic E-state index is 12.8. The number of allylic oxidation sites excluding steroid dienone is 5. The minimum Gasteiger partial charge on any atom is -0.481 e. The predicted octanol–water partition coefficient (Wildman–Crippen LogP) is 9.56. The van der Waals surface area contributed by atoms with Crippen LogP contribution >= 0.6 is 11.6 Å². The maximum Gasteiger partial charge on any atom is 0.313 e. The topological polar surface area (TPSA) is 109 Å².